The molecule has 0 aliphatic heterocycles. The SMILES string of the molecule is O=C(NC1CCC(O)CC1)c1cc(Br)ccc1Cl. The first-order chi connectivity index (χ1) is 8.56. The predicted molar refractivity (Wildman–Crippen MR) is 74.9 cm³/mol. The molecule has 0 atom stereocenters. The van der Waals surface area contributed by atoms with Crippen molar-refractivity contribution in [2.75, 3.05) is 0 Å². The van der Waals surface area contributed by atoms with Crippen molar-refractivity contribution in [3.63, 3.8) is 0 Å². The lowest BCUT2D eigenvalue weighted by Gasteiger charge is -2.26. The highest BCUT2D eigenvalue weighted by Crippen LogP contribution is 2.23. The Morgan fingerprint density at radius 3 is 2.67 bits per heavy atom. The Labute approximate surface area is 120 Å². The number of rotatable bonds is 2. The summed E-state index contributed by atoms with van der Waals surface area (Å²) in [6.45, 7) is 0. The van der Waals surface area contributed by atoms with Crippen molar-refractivity contribution >= 4 is 33.4 Å². The van der Waals surface area contributed by atoms with Crippen LogP contribution >= 0.6 is 27.5 Å². The number of aliphatic hydroxyl groups excluding tert-OH is 1. The van der Waals surface area contributed by atoms with E-state index in [4.69, 9.17) is 11.6 Å². The van der Waals surface area contributed by atoms with Crippen molar-refractivity contribution in [2.24, 2.45) is 0 Å². The van der Waals surface area contributed by atoms with E-state index in [1.165, 1.54) is 0 Å². The van der Waals surface area contributed by atoms with Crippen LogP contribution in [-0.2, 0) is 0 Å². The van der Waals surface area contributed by atoms with Gasteiger partial charge in [-0.2, -0.15) is 0 Å². The van der Waals surface area contributed by atoms with Crippen LogP contribution in [0.2, 0.25) is 5.02 Å². The van der Waals surface area contributed by atoms with Gasteiger partial charge in [-0.15, -0.1) is 0 Å². The van der Waals surface area contributed by atoms with Crippen LogP contribution in [0.1, 0.15) is 36.0 Å². The van der Waals surface area contributed by atoms with Gasteiger partial charge in [-0.05, 0) is 43.9 Å². The van der Waals surface area contributed by atoms with Crippen molar-refractivity contribution in [3.05, 3.63) is 33.3 Å². The lowest BCUT2D eigenvalue weighted by molar-refractivity contribution is 0.0867. The van der Waals surface area contributed by atoms with Crippen molar-refractivity contribution in [1.29, 1.82) is 0 Å². The molecule has 1 aliphatic rings. The van der Waals surface area contributed by atoms with Crippen LogP contribution in [0.4, 0.5) is 0 Å². The van der Waals surface area contributed by atoms with Gasteiger partial charge >= 0.3 is 0 Å². The molecule has 0 heterocycles. The summed E-state index contributed by atoms with van der Waals surface area (Å²) in [7, 11) is 0. The predicted octanol–water partition coefficient (Wildman–Crippen LogP) is 3.14. The molecule has 1 aliphatic carbocycles. The van der Waals surface area contributed by atoms with E-state index in [-0.39, 0.29) is 18.1 Å². The molecule has 0 bridgehead atoms. The maximum absolute atomic E-state index is 12.1. The first kappa shape index (κ1) is 13.8. The summed E-state index contributed by atoms with van der Waals surface area (Å²) >= 11 is 9.34. The van der Waals surface area contributed by atoms with Crippen LogP contribution in [0.15, 0.2) is 22.7 Å². The number of amides is 1. The van der Waals surface area contributed by atoms with E-state index in [0.29, 0.717) is 10.6 Å². The molecule has 0 radical (unpaired) electrons. The van der Waals surface area contributed by atoms with E-state index in [0.717, 1.165) is 30.2 Å². The van der Waals surface area contributed by atoms with Gasteiger partial charge < -0.3 is 10.4 Å². The number of carbonyl (C=O) groups is 1. The highest BCUT2D eigenvalue weighted by atomic mass is 79.9. The standard InChI is InChI=1S/C13H15BrClNO2/c14-8-1-6-12(15)11(7-8)13(18)16-9-2-4-10(17)5-3-9/h1,6-7,9-10,17H,2-5H2,(H,16,18). The molecule has 3 nitrogen and oxygen atoms in total. The second kappa shape index (κ2) is 6.04. The minimum absolute atomic E-state index is 0.135. The van der Waals surface area contributed by atoms with Gasteiger partial charge in [0.1, 0.15) is 0 Å². The molecule has 1 fully saturated rings. The van der Waals surface area contributed by atoms with Crippen LogP contribution in [0, 0.1) is 0 Å². The fourth-order valence-electron chi connectivity index (χ4n) is 2.15. The van der Waals surface area contributed by atoms with E-state index >= 15 is 0 Å². The molecule has 98 valence electrons. The van der Waals surface area contributed by atoms with E-state index < -0.39 is 0 Å². The number of benzene rings is 1. The Kier molecular flexibility index (Phi) is 4.65. The zero-order valence-electron chi connectivity index (χ0n) is 9.83. The monoisotopic (exact) mass is 331 g/mol. The number of carbonyl (C=O) groups excluding carboxylic acids is 1. The van der Waals surface area contributed by atoms with E-state index in [1.807, 2.05) is 0 Å². The molecule has 0 unspecified atom stereocenters. The molecule has 2 N–H and O–H groups in total. The zero-order chi connectivity index (χ0) is 13.1. The van der Waals surface area contributed by atoms with Crippen molar-refractivity contribution in [2.45, 2.75) is 37.8 Å². The zero-order valence-corrected chi connectivity index (χ0v) is 12.2. The quantitative estimate of drug-likeness (QED) is 0.874. The van der Waals surface area contributed by atoms with Crippen LogP contribution in [0.3, 0.4) is 0 Å². The maximum Gasteiger partial charge on any atom is 0.253 e. The van der Waals surface area contributed by atoms with Crippen molar-refractivity contribution in [3.8, 4) is 0 Å². The Bertz CT molecular complexity index is 445. The van der Waals surface area contributed by atoms with Gasteiger partial charge in [0.25, 0.3) is 5.91 Å². The summed E-state index contributed by atoms with van der Waals surface area (Å²) in [5, 5.41) is 12.8. The minimum atomic E-state index is -0.215. The second-order valence-electron chi connectivity index (χ2n) is 4.60. The summed E-state index contributed by atoms with van der Waals surface area (Å²) in [4.78, 5) is 12.1. The largest absolute Gasteiger partial charge is 0.393 e. The third-order valence-electron chi connectivity index (χ3n) is 3.20. The fraction of sp³-hybridized carbons (Fsp3) is 0.462. The van der Waals surface area contributed by atoms with Gasteiger partial charge in [0.05, 0.1) is 16.7 Å². The molecule has 1 aromatic carbocycles. The van der Waals surface area contributed by atoms with E-state index in [9.17, 15) is 9.90 Å². The van der Waals surface area contributed by atoms with Crippen LogP contribution in [-0.4, -0.2) is 23.2 Å². The first-order valence-electron chi connectivity index (χ1n) is 6.00. The number of aliphatic hydroxyl groups is 1. The summed E-state index contributed by atoms with van der Waals surface area (Å²) < 4.78 is 0.830. The first-order valence-corrected chi connectivity index (χ1v) is 7.17. The fourth-order valence-corrected chi connectivity index (χ4v) is 2.72. The van der Waals surface area contributed by atoms with Crippen molar-refractivity contribution < 1.29 is 9.90 Å². The van der Waals surface area contributed by atoms with Gasteiger partial charge in [0, 0.05) is 10.5 Å². The number of nitrogens with one attached hydrogen (secondary N) is 1. The molecule has 5 heteroatoms. The lowest BCUT2D eigenvalue weighted by Crippen LogP contribution is -2.38. The lowest BCUT2D eigenvalue weighted by atomic mass is 9.93. The van der Waals surface area contributed by atoms with Crippen LogP contribution in [0.5, 0.6) is 0 Å². The third-order valence-corrected chi connectivity index (χ3v) is 4.03. The molecule has 0 spiro atoms. The molecule has 1 amide bonds. The summed E-state index contributed by atoms with van der Waals surface area (Å²) in [6, 6.07) is 5.35. The molecule has 0 saturated heterocycles. The highest BCUT2D eigenvalue weighted by Gasteiger charge is 2.22. The summed E-state index contributed by atoms with van der Waals surface area (Å²) in [5.74, 6) is -0.150. The van der Waals surface area contributed by atoms with Crippen LogP contribution in [0.25, 0.3) is 0 Å². The van der Waals surface area contributed by atoms with Gasteiger partial charge in [-0.1, -0.05) is 27.5 Å². The second-order valence-corrected chi connectivity index (χ2v) is 5.93. The van der Waals surface area contributed by atoms with Gasteiger partial charge in [0.15, 0.2) is 0 Å². The molecule has 1 aromatic rings. The van der Waals surface area contributed by atoms with Gasteiger partial charge in [0.2, 0.25) is 0 Å². The van der Waals surface area contributed by atoms with E-state index in [1.54, 1.807) is 18.2 Å². The number of halogens is 2. The maximum atomic E-state index is 12.1. The molecule has 1 saturated carbocycles. The number of hydrogen-bond acceptors (Lipinski definition) is 2. The van der Waals surface area contributed by atoms with Gasteiger partial charge in [-0.25, -0.2) is 0 Å². The Morgan fingerprint density at radius 2 is 2.00 bits per heavy atom. The third kappa shape index (κ3) is 3.46. The highest BCUT2D eigenvalue weighted by molar-refractivity contribution is 9.10. The normalized spacial score (nSPS) is 23.7. The Morgan fingerprint density at radius 1 is 1.33 bits per heavy atom. The molecule has 0 aromatic heterocycles. The topological polar surface area (TPSA) is 49.3 Å². The summed E-state index contributed by atoms with van der Waals surface area (Å²) in [5.41, 5.74) is 0.483. The smallest absolute Gasteiger partial charge is 0.253 e. The average molecular weight is 333 g/mol. The van der Waals surface area contributed by atoms with Gasteiger partial charge in [-0.3, -0.25) is 4.79 Å². The molecular weight excluding hydrogens is 318 g/mol. The molecule has 18 heavy (non-hydrogen) atoms. The number of hydrogen-bond donors (Lipinski definition) is 2. The average Bonchev–Trinajstić information content (AvgIpc) is 2.35. The van der Waals surface area contributed by atoms with E-state index in [2.05, 4.69) is 21.2 Å². The Hall–Kier alpha value is -0.580. The van der Waals surface area contributed by atoms with Crippen molar-refractivity contribution in [1.82, 2.24) is 5.32 Å². The summed E-state index contributed by atoms with van der Waals surface area (Å²) in [6.07, 6.45) is 2.92. The molecule has 2 rings (SSSR count). The minimum Gasteiger partial charge on any atom is -0.393 e. The van der Waals surface area contributed by atoms with Crippen LogP contribution < -0.4 is 5.32 Å². The Balaban J connectivity index is 2.01. The molecular formula is C13H15BrClNO2.